The SMILES string of the molecule is CC(C)=CCC/C(C)=C/CC/C(C)=C/CC/C(C)=C/[C@H]1[C@H](CO)[C@@]1(C)CC/C=C(\C)CC/C=C(\C)CCC=C(C)C. The molecule has 0 heterocycles. The van der Waals surface area contributed by atoms with Crippen molar-refractivity contribution in [2.24, 2.45) is 17.3 Å². The predicted molar refractivity (Wildman–Crippen MR) is 185 cm³/mol. The first-order valence-electron chi connectivity index (χ1n) is 16.6. The fourth-order valence-corrected chi connectivity index (χ4v) is 5.92. The summed E-state index contributed by atoms with van der Waals surface area (Å²) in [5.41, 5.74) is 10.6. The average Bonchev–Trinajstić information content (AvgIpc) is 3.44. The Bertz CT molecular complexity index is 984. The van der Waals surface area contributed by atoms with Gasteiger partial charge in [-0.15, -0.1) is 0 Å². The largest absolute Gasteiger partial charge is 0.396 e. The van der Waals surface area contributed by atoms with E-state index in [2.05, 4.69) is 112 Å². The summed E-state index contributed by atoms with van der Waals surface area (Å²) < 4.78 is 0. The molecule has 1 saturated carbocycles. The highest BCUT2D eigenvalue weighted by Crippen LogP contribution is 2.62. The Labute approximate surface area is 256 Å². The van der Waals surface area contributed by atoms with Gasteiger partial charge in [-0.3, -0.25) is 0 Å². The highest BCUT2D eigenvalue weighted by molar-refractivity contribution is 5.20. The number of allylic oxidation sites excluding steroid dienone is 14. The maximum Gasteiger partial charge on any atom is 0.0470 e. The van der Waals surface area contributed by atoms with Crippen molar-refractivity contribution in [1.29, 1.82) is 0 Å². The molecule has 1 N–H and O–H groups in total. The third-order valence-corrected chi connectivity index (χ3v) is 9.05. The first kappa shape index (κ1) is 37.2. The highest BCUT2D eigenvalue weighted by Gasteiger charge is 2.58. The molecule has 41 heavy (non-hydrogen) atoms. The minimum absolute atomic E-state index is 0.246. The number of aliphatic hydroxyl groups is 1. The Morgan fingerprint density at radius 1 is 0.512 bits per heavy atom. The molecule has 0 saturated heterocycles. The molecule has 232 valence electrons. The molecule has 1 aliphatic carbocycles. The quantitative estimate of drug-likeness (QED) is 0.146. The van der Waals surface area contributed by atoms with Gasteiger partial charge >= 0.3 is 0 Å². The molecule has 0 aromatic carbocycles. The van der Waals surface area contributed by atoms with Crippen molar-refractivity contribution >= 4 is 0 Å². The van der Waals surface area contributed by atoms with Crippen LogP contribution in [0.2, 0.25) is 0 Å². The Balaban J connectivity index is 2.44. The molecule has 0 spiro atoms. The van der Waals surface area contributed by atoms with E-state index in [1.807, 2.05) is 0 Å². The molecule has 1 heteroatoms. The van der Waals surface area contributed by atoms with Crippen molar-refractivity contribution in [3.63, 3.8) is 0 Å². The third-order valence-electron chi connectivity index (χ3n) is 9.05. The zero-order valence-corrected chi connectivity index (χ0v) is 28.8. The Hall–Kier alpha value is -1.86. The van der Waals surface area contributed by atoms with Crippen LogP contribution in [0, 0.1) is 17.3 Å². The van der Waals surface area contributed by atoms with E-state index in [1.165, 1.54) is 58.3 Å². The molecule has 1 rings (SSSR count). The molecule has 0 radical (unpaired) electrons. The highest BCUT2D eigenvalue weighted by atomic mass is 16.3. The monoisotopic (exact) mass is 563 g/mol. The normalized spacial score (nSPS) is 22.2. The van der Waals surface area contributed by atoms with Gasteiger partial charge in [-0.1, -0.05) is 88.5 Å². The zero-order valence-electron chi connectivity index (χ0n) is 28.8. The molecule has 0 aliphatic heterocycles. The lowest BCUT2D eigenvalue weighted by Crippen LogP contribution is -2.01. The number of aliphatic hydroxyl groups excluding tert-OH is 1. The Morgan fingerprint density at radius 3 is 1.22 bits per heavy atom. The van der Waals surface area contributed by atoms with Gasteiger partial charge in [-0.05, 0) is 157 Å². The van der Waals surface area contributed by atoms with Crippen LogP contribution in [0.15, 0.2) is 81.5 Å². The smallest absolute Gasteiger partial charge is 0.0470 e. The molecule has 0 aromatic heterocycles. The van der Waals surface area contributed by atoms with Crippen LogP contribution in [0.1, 0.15) is 146 Å². The van der Waals surface area contributed by atoms with Crippen LogP contribution in [0.25, 0.3) is 0 Å². The second-order valence-electron chi connectivity index (χ2n) is 13.8. The number of hydrogen-bond donors (Lipinski definition) is 1. The van der Waals surface area contributed by atoms with Crippen molar-refractivity contribution in [3.8, 4) is 0 Å². The van der Waals surface area contributed by atoms with E-state index in [0.717, 1.165) is 57.8 Å². The van der Waals surface area contributed by atoms with Gasteiger partial charge in [-0.25, -0.2) is 0 Å². The van der Waals surface area contributed by atoms with E-state index in [1.54, 1.807) is 0 Å². The van der Waals surface area contributed by atoms with E-state index >= 15 is 0 Å². The second kappa shape index (κ2) is 20.1. The van der Waals surface area contributed by atoms with Crippen LogP contribution in [0.5, 0.6) is 0 Å². The first-order valence-corrected chi connectivity index (χ1v) is 16.6. The van der Waals surface area contributed by atoms with Crippen molar-refractivity contribution < 1.29 is 5.11 Å². The van der Waals surface area contributed by atoms with Gasteiger partial charge in [0.2, 0.25) is 0 Å². The van der Waals surface area contributed by atoms with E-state index in [0.29, 0.717) is 18.4 Å². The Morgan fingerprint density at radius 2 is 0.854 bits per heavy atom. The van der Waals surface area contributed by atoms with Crippen LogP contribution < -0.4 is 0 Å². The van der Waals surface area contributed by atoms with E-state index in [4.69, 9.17) is 0 Å². The molecule has 1 nitrogen and oxygen atoms in total. The van der Waals surface area contributed by atoms with Crippen LogP contribution >= 0.6 is 0 Å². The van der Waals surface area contributed by atoms with Gasteiger partial charge in [0.15, 0.2) is 0 Å². The summed E-state index contributed by atoms with van der Waals surface area (Å²) >= 11 is 0. The molecule has 1 fully saturated rings. The zero-order chi connectivity index (χ0) is 30.8. The van der Waals surface area contributed by atoms with Crippen molar-refractivity contribution in [3.05, 3.63) is 81.5 Å². The summed E-state index contributed by atoms with van der Waals surface area (Å²) in [6.45, 7) is 22.8. The minimum atomic E-state index is 0.246. The van der Waals surface area contributed by atoms with Crippen molar-refractivity contribution in [2.45, 2.75) is 146 Å². The second-order valence-corrected chi connectivity index (χ2v) is 13.8. The molecule has 0 unspecified atom stereocenters. The van der Waals surface area contributed by atoms with Gasteiger partial charge in [0.25, 0.3) is 0 Å². The maximum absolute atomic E-state index is 10.1. The van der Waals surface area contributed by atoms with Crippen molar-refractivity contribution in [1.82, 2.24) is 0 Å². The van der Waals surface area contributed by atoms with Crippen LogP contribution in [0.3, 0.4) is 0 Å². The van der Waals surface area contributed by atoms with Crippen molar-refractivity contribution in [2.75, 3.05) is 6.61 Å². The summed E-state index contributed by atoms with van der Waals surface area (Å²) in [6.07, 6.45) is 30.7. The van der Waals surface area contributed by atoms with E-state index < -0.39 is 0 Å². The lowest BCUT2D eigenvalue weighted by molar-refractivity contribution is 0.249. The summed E-state index contributed by atoms with van der Waals surface area (Å²) in [5, 5.41) is 10.1. The summed E-state index contributed by atoms with van der Waals surface area (Å²) in [6, 6.07) is 0. The lowest BCUT2D eigenvalue weighted by atomic mass is 9.95. The summed E-state index contributed by atoms with van der Waals surface area (Å²) in [5.74, 6) is 0.943. The fourth-order valence-electron chi connectivity index (χ4n) is 5.92. The molecule has 0 bridgehead atoms. The van der Waals surface area contributed by atoms with Crippen LogP contribution in [-0.4, -0.2) is 11.7 Å². The maximum atomic E-state index is 10.1. The van der Waals surface area contributed by atoms with Gasteiger partial charge in [-0.2, -0.15) is 0 Å². The third kappa shape index (κ3) is 16.4. The lowest BCUT2D eigenvalue weighted by Gasteiger charge is -2.10. The van der Waals surface area contributed by atoms with Gasteiger partial charge < -0.3 is 5.11 Å². The van der Waals surface area contributed by atoms with E-state index in [9.17, 15) is 5.11 Å². The van der Waals surface area contributed by atoms with Gasteiger partial charge in [0.1, 0.15) is 0 Å². The van der Waals surface area contributed by atoms with E-state index in [-0.39, 0.29) is 5.41 Å². The summed E-state index contributed by atoms with van der Waals surface area (Å²) in [7, 11) is 0. The standard InChI is InChI=1S/C40H66O/c1-31(2)17-11-19-33(5)21-13-23-35(7)25-15-26-37(9)29-38-39(30-41)40(38,10)28-16-27-36(8)24-14-22-34(6)20-12-18-32(3)4/h17-18,21-22,25,27,29,38-39,41H,11-16,19-20,23-24,26,28,30H2,1-10H3/b33-21+,34-22+,35-25+,36-27+,37-29+/t38-,39-,40-/m0/s1. The predicted octanol–water partition coefficient (Wildman–Crippen LogP) is 12.6. The summed E-state index contributed by atoms with van der Waals surface area (Å²) in [4.78, 5) is 0. The molecule has 3 atom stereocenters. The first-order chi connectivity index (χ1) is 19.4. The molecule has 1 aliphatic rings. The Kier molecular flexibility index (Phi) is 18.2. The van der Waals surface area contributed by atoms with Gasteiger partial charge in [0, 0.05) is 6.61 Å². The topological polar surface area (TPSA) is 20.2 Å². The van der Waals surface area contributed by atoms with Gasteiger partial charge in [0.05, 0.1) is 0 Å². The molecular weight excluding hydrogens is 496 g/mol. The van der Waals surface area contributed by atoms with Crippen LogP contribution in [-0.2, 0) is 0 Å². The molecular formula is C40H66O. The average molecular weight is 563 g/mol. The fraction of sp³-hybridized carbons (Fsp3) is 0.650. The van der Waals surface area contributed by atoms with Crippen LogP contribution in [0.4, 0.5) is 0 Å². The molecule has 0 amide bonds. The minimum Gasteiger partial charge on any atom is -0.396 e. The number of rotatable bonds is 20. The molecule has 0 aromatic rings. The number of hydrogen-bond acceptors (Lipinski definition) is 1.